The van der Waals surface area contributed by atoms with Crippen molar-refractivity contribution in [2.75, 3.05) is 32.8 Å². The van der Waals surface area contributed by atoms with E-state index < -0.39 is 0 Å². The first-order chi connectivity index (χ1) is 12.5. The monoisotopic (exact) mass is 399 g/mol. The topological polar surface area (TPSA) is 61.9 Å². The van der Waals surface area contributed by atoms with Crippen LogP contribution in [0.25, 0.3) is 0 Å². The fourth-order valence-electron chi connectivity index (χ4n) is 2.92. The number of hydrogen-bond donors (Lipinski definition) is 1. The van der Waals surface area contributed by atoms with Crippen LogP contribution in [0.1, 0.15) is 24.6 Å². The highest BCUT2D eigenvalue weighted by atomic mass is 35.5. The van der Waals surface area contributed by atoms with E-state index in [4.69, 9.17) is 16.3 Å². The van der Waals surface area contributed by atoms with Crippen LogP contribution in [-0.4, -0.2) is 60.6 Å². The van der Waals surface area contributed by atoms with Crippen molar-refractivity contribution in [3.05, 3.63) is 34.0 Å². The van der Waals surface area contributed by atoms with Crippen molar-refractivity contribution in [3.8, 4) is 0 Å². The average Bonchev–Trinajstić information content (AvgIpc) is 3.00. The molecule has 0 aliphatic carbocycles. The summed E-state index contributed by atoms with van der Waals surface area (Å²) in [7, 11) is 0. The van der Waals surface area contributed by atoms with E-state index in [9.17, 15) is 9.59 Å². The molecule has 2 amide bonds. The van der Waals surface area contributed by atoms with Gasteiger partial charge in [-0.25, -0.2) is 4.79 Å². The third kappa shape index (κ3) is 6.63. The first-order valence-electron chi connectivity index (χ1n) is 8.80. The standard InChI is InChI=1S/C18H26ClN3O3S/c1-3-9-21(12-15-5-6-16(19)26-15)13-17(23)20-14-7-10-22(11-8-14)18(24)25-4-2/h3,5-6,14H,1,4,7-13H2,2H3,(H,20,23). The van der Waals surface area contributed by atoms with Gasteiger partial charge in [-0.15, -0.1) is 17.9 Å². The number of likely N-dealkylation sites (tertiary alicyclic amines) is 1. The average molecular weight is 400 g/mol. The number of amides is 2. The smallest absolute Gasteiger partial charge is 0.409 e. The van der Waals surface area contributed by atoms with Gasteiger partial charge in [-0.05, 0) is 31.9 Å². The van der Waals surface area contributed by atoms with Crippen molar-refractivity contribution in [3.63, 3.8) is 0 Å². The summed E-state index contributed by atoms with van der Waals surface area (Å²) in [4.78, 5) is 28.9. The molecular weight excluding hydrogens is 374 g/mol. The molecule has 1 saturated heterocycles. The molecule has 1 aliphatic heterocycles. The zero-order chi connectivity index (χ0) is 18.9. The normalized spacial score (nSPS) is 15.1. The quantitative estimate of drug-likeness (QED) is 0.682. The molecule has 0 radical (unpaired) electrons. The molecule has 144 valence electrons. The molecule has 0 bridgehead atoms. The van der Waals surface area contributed by atoms with Crippen LogP contribution >= 0.6 is 22.9 Å². The van der Waals surface area contributed by atoms with Gasteiger partial charge in [-0.1, -0.05) is 17.7 Å². The van der Waals surface area contributed by atoms with Gasteiger partial charge >= 0.3 is 6.09 Å². The highest BCUT2D eigenvalue weighted by molar-refractivity contribution is 7.16. The third-order valence-electron chi connectivity index (χ3n) is 4.15. The van der Waals surface area contributed by atoms with E-state index in [0.29, 0.717) is 39.3 Å². The molecule has 0 atom stereocenters. The second kappa shape index (κ2) is 10.5. The number of ether oxygens (including phenoxy) is 1. The number of thiophene rings is 1. The number of piperidine rings is 1. The van der Waals surface area contributed by atoms with Crippen LogP contribution in [0.15, 0.2) is 24.8 Å². The van der Waals surface area contributed by atoms with E-state index in [2.05, 4.69) is 11.9 Å². The second-order valence-electron chi connectivity index (χ2n) is 6.19. The Hall–Kier alpha value is -1.57. The number of carbonyl (C=O) groups is 2. The van der Waals surface area contributed by atoms with Crippen molar-refractivity contribution < 1.29 is 14.3 Å². The van der Waals surface area contributed by atoms with Crippen molar-refractivity contribution in [2.24, 2.45) is 0 Å². The lowest BCUT2D eigenvalue weighted by Crippen LogP contribution is -2.48. The molecule has 0 aromatic carbocycles. The summed E-state index contributed by atoms with van der Waals surface area (Å²) in [6.07, 6.45) is 3.00. The van der Waals surface area contributed by atoms with E-state index in [1.165, 1.54) is 11.3 Å². The molecule has 1 aliphatic rings. The van der Waals surface area contributed by atoms with Crippen molar-refractivity contribution in [2.45, 2.75) is 32.4 Å². The van der Waals surface area contributed by atoms with Gasteiger partial charge in [0, 0.05) is 37.1 Å². The van der Waals surface area contributed by atoms with Crippen LogP contribution in [0.2, 0.25) is 4.34 Å². The summed E-state index contributed by atoms with van der Waals surface area (Å²) in [6, 6.07) is 3.94. The van der Waals surface area contributed by atoms with Crippen LogP contribution in [0.3, 0.4) is 0 Å². The number of nitrogens with one attached hydrogen (secondary N) is 1. The van der Waals surface area contributed by atoms with Crippen LogP contribution in [-0.2, 0) is 16.1 Å². The summed E-state index contributed by atoms with van der Waals surface area (Å²) < 4.78 is 5.76. The molecule has 26 heavy (non-hydrogen) atoms. The van der Waals surface area contributed by atoms with Crippen LogP contribution in [0.4, 0.5) is 4.79 Å². The summed E-state index contributed by atoms with van der Waals surface area (Å²) >= 11 is 7.49. The first kappa shape index (κ1) is 20.7. The lowest BCUT2D eigenvalue weighted by molar-refractivity contribution is -0.123. The summed E-state index contributed by atoms with van der Waals surface area (Å²) in [6.45, 7) is 8.75. The lowest BCUT2D eigenvalue weighted by Gasteiger charge is -2.32. The summed E-state index contributed by atoms with van der Waals surface area (Å²) in [5, 5.41) is 3.07. The number of halogens is 1. The van der Waals surface area contributed by atoms with Gasteiger partial charge in [0.1, 0.15) is 0 Å². The van der Waals surface area contributed by atoms with Gasteiger partial charge in [0.25, 0.3) is 0 Å². The highest BCUT2D eigenvalue weighted by Gasteiger charge is 2.25. The van der Waals surface area contributed by atoms with Gasteiger partial charge in [0.2, 0.25) is 5.91 Å². The maximum Gasteiger partial charge on any atom is 0.409 e. The fraction of sp³-hybridized carbons (Fsp3) is 0.556. The minimum atomic E-state index is -0.274. The molecule has 1 aromatic rings. The molecule has 8 heteroatoms. The Balaban J connectivity index is 1.77. The van der Waals surface area contributed by atoms with Crippen molar-refractivity contribution in [1.29, 1.82) is 0 Å². The Bertz CT molecular complexity index is 615. The Kier molecular flexibility index (Phi) is 8.41. The number of rotatable bonds is 8. The molecule has 1 aromatic heterocycles. The van der Waals surface area contributed by atoms with E-state index in [1.54, 1.807) is 17.9 Å². The first-order valence-corrected chi connectivity index (χ1v) is 9.99. The Morgan fingerprint density at radius 3 is 2.77 bits per heavy atom. The zero-order valence-electron chi connectivity index (χ0n) is 15.1. The molecule has 0 saturated carbocycles. The van der Waals surface area contributed by atoms with Crippen molar-refractivity contribution >= 4 is 34.9 Å². The lowest BCUT2D eigenvalue weighted by atomic mass is 10.1. The third-order valence-corrected chi connectivity index (χ3v) is 5.36. The molecule has 2 rings (SSSR count). The van der Waals surface area contributed by atoms with Gasteiger partial charge in [-0.2, -0.15) is 0 Å². The molecule has 6 nitrogen and oxygen atoms in total. The molecule has 2 heterocycles. The van der Waals surface area contributed by atoms with Gasteiger partial charge in [0.15, 0.2) is 0 Å². The zero-order valence-corrected chi connectivity index (χ0v) is 16.7. The van der Waals surface area contributed by atoms with Gasteiger partial charge in [0.05, 0.1) is 17.5 Å². The van der Waals surface area contributed by atoms with Crippen LogP contribution in [0, 0.1) is 0 Å². The fourth-order valence-corrected chi connectivity index (χ4v) is 4.05. The summed E-state index contributed by atoms with van der Waals surface area (Å²) in [5.74, 6) is -0.0101. The molecule has 1 N–H and O–H groups in total. The van der Waals surface area contributed by atoms with E-state index in [1.807, 2.05) is 17.0 Å². The molecular formula is C18H26ClN3O3S. The largest absolute Gasteiger partial charge is 0.450 e. The maximum atomic E-state index is 12.4. The van der Waals surface area contributed by atoms with Crippen molar-refractivity contribution in [1.82, 2.24) is 15.1 Å². The minimum Gasteiger partial charge on any atom is -0.450 e. The predicted molar refractivity (Wildman–Crippen MR) is 105 cm³/mol. The molecule has 0 spiro atoms. The van der Waals surface area contributed by atoms with Gasteiger partial charge < -0.3 is 15.0 Å². The number of nitrogens with zero attached hydrogens (tertiary/aromatic N) is 2. The molecule has 1 fully saturated rings. The minimum absolute atomic E-state index is 0.0101. The Morgan fingerprint density at radius 2 is 2.19 bits per heavy atom. The number of carbonyl (C=O) groups excluding carboxylic acids is 2. The highest BCUT2D eigenvalue weighted by Crippen LogP contribution is 2.22. The Labute approximate surface area is 163 Å². The number of hydrogen-bond acceptors (Lipinski definition) is 5. The SMILES string of the molecule is C=CCN(CC(=O)NC1CCN(C(=O)OCC)CC1)Cc1ccc(Cl)s1. The predicted octanol–water partition coefficient (Wildman–Crippen LogP) is 3.13. The second-order valence-corrected chi connectivity index (χ2v) is 7.99. The summed E-state index contributed by atoms with van der Waals surface area (Å²) in [5.41, 5.74) is 0. The van der Waals surface area contributed by atoms with Gasteiger partial charge in [-0.3, -0.25) is 9.69 Å². The Morgan fingerprint density at radius 1 is 1.46 bits per heavy atom. The van der Waals surface area contributed by atoms with Crippen LogP contribution < -0.4 is 5.32 Å². The van der Waals surface area contributed by atoms with E-state index in [-0.39, 0.29) is 18.0 Å². The van der Waals surface area contributed by atoms with E-state index >= 15 is 0 Å². The maximum absolute atomic E-state index is 12.4. The van der Waals surface area contributed by atoms with E-state index in [0.717, 1.165) is 22.1 Å². The van der Waals surface area contributed by atoms with Crippen LogP contribution in [0.5, 0.6) is 0 Å². The molecule has 0 unspecified atom stereocenters.